The Labute approximate surface area is 154 Å². The number of rotatable bonds is 5. The number of nitrogens with two attached hydrogens (primary N) is 1. The number of ether oxygens (including phenoxy) is 1. The largest absolute Gasteiger partial charge is 0.381 e. The summed E-state index contributed by atoms with van der Waals surface area (Å²) < 4.78 is 5.34. The molecule has 0 spiro atoms. The van der Waals surface area contributed by atoms with Crippen molar-refractivity contribution in [1.29, 1.82) is 0 Å². The van der Waals surface area contributed by atoms with Gasteiger partial charge in [0.2, 0.25) is 11.8 Å². The number of halogens is 1. The topological polar surface area (TPSA) is 84.7 Å². The fourth-order valence-electron chi connectivity index (χ4n) is 3.43. The summed E-state index contributed by atoms with van der Waals surface area (Å²) in [5.74, 6) is -0.111. The molecule has 1 aromatic rings. The molecule has 0 saturated carbocycles. The molecule has 6 nitrogen and oxygen atoms in total. The van der Waals surface area contributed by atoms with Crippen molar-refractivity contribution in [3.05, 3.63) is 35.9 Å². The minimum atomic E-state index is -0.592. The molecule has 1 aromatic carbocycles. The van der Waals surface area contributed by atoms with E-state index in [-0.39, 0.29) is 30.8 Å². The second-order valence-corrected chi connectivity index (χ2v) is 6.66. The molecular formula is C18H26ClN3O3. The monoisotopic (exact) mass is 367 g/mol. The first kappa shape index (κ1) is 19.7. The predicted molar refractivity (Wildman–Crippen MR) is 97.2 cm³/mol. The number of hydrogen-bond acceptors (Lipinski definition) is 4. The Balaban J connectivity index is 0.00000225. The zero-order valence-electron chi connectivity index (χ0n) is 14.3. The number of carbonyl (C=O) groups excluding carboxylic acids is 2. The van der Waals surface area contributed by atoms with Crippen LogP contribution in [0.4, 0.5) is 0 Å². The summed E-state index contributed by atoms with van der Waals surface area (Å²) in [5.41, 5.74) is 6.37. The third-order valence-electron chi connectivity index (χ3n) is 5.14. The minimum absolute atomic E-state index is 0. The van der Waals surface area contributed by atoms with Crippen LogP contribution in [0.3, 0.4) is 0 Å². The van der Waals surface area contributed by atoms with Gasteiger partial charge < -0.3 is 20.7 Å². The van der Waals surface area contributed by atoms with E-state index < -0.39 is 11.5 Å². The van der Waals surface area contributed by atoms with Gasteiger partial charge in [-0.15, -0.1) is 12.4 Å². The van der Waals surface area contributed by atoms with Crippen LogP contribution in [0.1, 0.15) is 24.8 Å². The van der Waals surface area contributed by atoms with E-state index in [0.717, 1.165) is 5.56 Å². The van der Waals surface area contributed by atoms with Gasteiger partial charge in [-0.25, -0.2) is 0 Å². The Kier molecular flexibility index (Phi) is 6.81. The number of benzene rings is 1. The van der Waals surface area contributed by atoms with Crippen LogP contribution in [0.2, 0.25) is 0 Å². The molecule has 1 atom stereocenters. The third kappa shape index (κ3) is 4.32. The lowest BCUT2D eigenvalue weighted by molar-refractivity contribution is -0.140. The van der Waals surface area contributed by atoms with Crippen LogP contribution in [-0.2, 0) is 20.9 Å². The van der Waals surface area contributed by atoms with Crippen molar-refractivity contribution in [3.8, 4) is 0 Å². The van der Waals surface area contributed by atoms with E-state index in [9.17, 15) is 9.59 Å². The van der Waals surface area contributed by atoms with Crippen molar-refractivity contribution in [3.63, 3.8) is 0 Å². The maximum atomic E-state index is 12.7. The zero-order chi connectivity index (χ0) is 17.0. The quantitative estimate of drug-likeness (QED) is 0.815. The van der Waals surface area contributed by atoms with Gasteiger partial charge in [0.25, 0.3) is 0 Å². The Morgan fingerprint density at radius 3 is 2.60 bits per heavy atom. The smallest absolute Gasteiger partial charge is 0.245 e. The lowest BCUT2D eigenvalue weighted by atomic mass is 9.79. The highest BCUT2D eigenvalue weighted by atomic mass is 35.5. The summed E-state index contributed by atoms with van der Waals surface area (Å²) in [6.07, 6.45) is 1.88. The summed E-state index contributed by atoms with van der Waals surface area (Å²) in [6, 6.07) is 9.46. The Morgan fingerprint density at radius 1 is 1.28 bits per heavy atom. The molecule has 3 N–H and O–H groups in total. The van der Waals surface area contributed by atoms with Crippen LogP contribution >= 0.6 is 12.4 Å². The van der Waals surface area contributed by atoms with Gasteiger partial charge >= 0.3 is 0 Å². The maximum Gasteiger partial charge on any atom is 0.245 e. The molecule has 2 heterocycles. The van der Waals surface area contributed by atoms with Crippen molar-refractivity contribution in [2.45, 2.75) is 31.8 Å². The van der Waals surface area contributed by atoms with Gasteiger partial charge in [0, 0.05) is 32.8 Å². The van der Waals surface area contributed by atoms with Crippen LogP contribution in [-0.4, -0.2) is 49.1 Å². The third-order valence-corrected chi connectivity index (χ3v) is 5.14. The Morgan fingerprint density at radius 2 is 1.96 bits per heavy atom. The van der Waals surface area contributed by atoms with Crippen molar-refractivity contribution in [2.24, 2.45) is 11.1 Å². The molecule has 0 aromatic heterocycles. The molecule has 2 aliphatic rings. The lowest BCUT2D eigenvalue weighted by Crippen LogP contribution is -2.53. The minimum Gasteiger partial charge on any atom is -0.381 e. The van der Waals surface area contributed by atoms with Gasteiger partial charge in [-0.1, -0.05) is 30.3 Å². The Bertz CT molecular complexity index is 590. The second-order valence-electron chi connectivity index (χ2n) is 6.66. The fraction of sp³-hybridized carbons (Fsp3) is 0.556. The summed E-state index contributed by atoms with van der Waals surface area (Å²) in [6.45, 7) is 2.63. The van der Waals surface area contributed by atoms with Crippen molar-refractivity contribution < 1.29 is 14.3 Å². The first-order valence-electron chi connectivity index (χ1n) is 8.56. The van der Waals surface area contributed by atoms with Gasteiger partial charge in [-0.3, -0.25) is 9.59 Å². The second kappa shape index (κ2) is 8.65. The van der Waals surface area contributed by atoms with Crippen LogP contribution in [0.25, 0.3) is 0 Å². The number of nitrogens with one attached hydrogen (secondary N) is 1. The average Bonchev–Trinajstić information content (AvgIpc) is 2.96. The molecule has 138 valence electrons. The maximum absolute atomic E-state index is 12.7. The average molecular weight is 368 g/mol. The normalized spacial score (nSPS) is 22.4. The molecule has 1 unspecified atom stereocenters. The van der Waals surface area contributed by atoms with E-state index >= 15 is 0 Å². The number of likely N-dealkylation sites (tertiary alicyclic amines) is 1. The van der Waals surface area contributed by atoms with E-state index in [1.54, 1.807) is 4.90 Å². The summed E-state index contributed by atoms with van der Waals surface area (Å²) in [4.78, 5) is 27.1. The van der Waals surface area contributed by atoms with Crippen LogP contribution < -0.4 is 11.1 Å². The van der Waals surface area contributed by atoms with E-state index in [2.05, 4.69) is 5.32 Å². The first-order valence-corrected chi connectivity index (χ1v) is 8.56. The van der Waals surface area contributed by atoms with Crippen molar-refractivity contribution in [2.75, 3.05) is 26.3 Å². The Hall–Kier alpha value is -1.63. The summed E-state index contributed by atoms with van der Waals surface area (Å²) in [7, 11) is 0. The van der Waals surface area contributed by atoms with Crippen LogP contribution in [0.5, 0.6) is 0 Å². The van der Waals surface area contributed by atoms with Gasteiger partial charge in [-0.2, -0.15) is 0 Å². The first-order chi connectivity index (χ1) is 11.6. The van der Waals surface area contributed by atoms with Gasteiger partial charge in [-0.05, 0) is 24.8 Å². The molecule has 0 aliphatic carbocycles. The SMILES string of the molecule is Cl.NCC1(C(=O)NC2CCN(Cc3ccccc3)C2=O)CCOCC1. The van der Waals surface area contributed by atoms with Crippen LogP contribution in [0, 0.1) is 5.41 Å². The number of amides is 2. The molecule has 2 aliphatic heterocycles. The summed E-state index contributed by atoms with van der Waals surface area (Å²) >= 11 is 0. The molecule has 7 heteroatoms. The van der Waals surface area contributed by atoms with Crippen molar-refractivity contribution >= 4 is 24.2 Å². The molecule has 2 amide bonds. The van der Waals surface area contributed by atoms with Crippen LogP contribution in [0.15, 0.2) is 30.3 Å². The lowest BCUT2D eigenvalue weighted by Gasteiger charge is -2.35. The van der Waals surface area contributed by atoms with Gasteiger partial charge in [0.1, 0.15) is 6.04 Å². The zero-order valence-corrected chi connectivity index (χ0v) is 15.1. The fourth-order valence-corrected chi connectivity index (χ4v) is 3.43. The van der Waals surface area contributed by atoms with Crippen molar-refractivity contribution in [1.82, 2.24) is 10.2 Å². The van der Waals surface area contributed by atoms with E-state index in [4.69, 9.17) is 10.5 Å². The number of hydrogen-bond donors (Lipinski definition) is 2. The van der Waals surface area contributed by atoms with E-state index in [1.807, 2.05) is 30.3 Å². The van der Waals surface area contributed by atoms with E-state index in [1.165, 1.54) is 0 Å². The van der Waals surface area contributed by atoms with Gasteiger partial charge in [0.15, 0.2) is 0 Å². The standard InChI is InChI=1S/C18H25N3O3.ClH/c19-13-18(7-10-24-11-8-18)17(23)20-15-6-9-21(16(15)22)12-14-4-2-1-3-5-14;/h1-5,15H,6-13,19H2,(H,20,23);1H. The highest BCUT2D eigenvalue weighted by Gasteiger charge is 2.42. The van der Waals surface area contributed by atoms with Gasteiger partial charge in [0.05, 0.1) is 5.41 Å². The molecular weight excluding hydrogens is 342 g/mol. The predicted octanol–water partition coefficient (Wildman–Crippen LogP) is 1.08. The van der Waals surface area contributed by atoms with E-state index in [0.29, 0.717) is 45.6 Å². The molecule has 2 fully saturated rings. The highest BCUT2D eigenvalue weighted by molar-refractivity contribution is 5.91. The highest BCUT2D eigenvalue weighted by Crippen LogP contribution is 2.30. The number of carbonyl (C=O) groups is 2. The summed E-state index contributed by atoms with van der Waals surface area (Å²) in [5, 5.41) is 2.94. The molecule has 3 rings (SSSR count). The molecule has 0 bridgehead atoms. The molecule has 2 saturated heterocycles. The molecule has 25 heavy (non-hydrogen) atoms. The molecule has 0 radical (unpaired) electrons. The number of nitrogens with zero attached hydrogens (tertiary/aromatic N) is 1.